The summed E-state index contributed by atoms with van der Waals surface area (Å²) in [6, 6.07) is 18.8. The highest BCUT2D eigenvalue weighted by atomic mass is 16.1. The van der Waals surface area contributed by atoms with Gasteiger partial charge >= 0.3 is 0 Å². The molecule has 1 heterocycles. The van der Waals surface area contributed by atoms with Gasteiger partial charge in [-0.15, -0.1) is 0 Å². The maximum absolute atomic E-state index is 11.7. The molecule has 0 spiro atoms. The van der Waals surface area contributed by atoms with Gasteiger partial charge in [0.15, 0.2) is 5.78 Å². The van der Waals surface area contributed by atoms with Gasteiger partial charge in [-0.3, -0.25) is 4.79 Å². The van der Waals surface area contributed by atoms with Gasteiger partial charge in [0.25, 0.3) is 0 Å². The van der Waals surface area contributed by atoms with Crippen LogP contribution in [0.5, 0.6) is 0 Å². The molecule has 0 aliphatic heterocycles. The van der Waals surface area contributed by atoms with E-state index < -0.39 is 0 Å². The zero-order valence-electron chi connectivity index (χ0n) is 12.7. The minimum Gasteiger partial charge on any atom is -0.294 e. The number of nitriles is 1. The molecule has 0 aliphatic carbocycles. The van der Waals surface area contributed by atoms with Crippen LogP contribution < -0.4 is 0 Å². The maximum atomic E-state index is 11.7. The lowest BCUT2D eigenvalue weighted by Crippen LogP contribution is -1.99. The van der Waals surface area contributed by atoms with Gasteiger partial charge in [-0.2, -0.15) is 10.4 Å². The highest BCUT2D eigenvalue weighted by Crippen LogP contribution is 2.22. The molecule has 4 nitrogen and oxygen atoms in total. The number of hydrogen-bond donors (Lipinski definition) is 0. The van der Waals surface area contributed by atoms with Crippen molar-refractivity contribution in [3.8, 4) is 23.0 Å². The third kappa shape index (κ3) is 2.90. The van der Waals surface area contributed by atoms with E-state index in [-0.39, 0.29) is 5.78 Å². The van der Waals surface area contributed by atoms with Crippen LogP contribution in [0.15, 0.2) is 60.8 Å². The molecule has 0 aliphatic rings. The van der Waals surface area contributed by atoms with Crippen LogP contribution in [0.3, 0.4) is 0 Å². The minimum absolute atomic E-state index is 0.126. The SMILES string of the molecule is CCC(=O)c1ccc(-n2ccc(-c3ccccc3C#N)n2)cc1. The Morgan fingerprint density at radius 3 is 2.57 bits per heavy atom. The van der Waals surface area contributed by atoms with Crippen LogP contribution in [-0.4, -0.2) is 15.6 Å². The molecule has 1 aromatic heterocycles. The molecule has 3 rings (SSSR count). The maximum Gasteiger partial charge on any atom is 0.162 e. The van der Waals surface area contributed by atoms with Crippen LogP contribution in [0.4, 0.5) is 0 Å². The van der Waals surface area contributed by atoms with Crippen molar-refractivity contribution in [2.24, 2.45) is 0 Å². The van der Waals surface area contributed by atoms with Gasteiger partial charge in [0.05, 0.1) is 23.0 Å². The second kappa shape index (κ2) is 6.29. The van der Waals surface area contributed by atoms with Crippen LogP contribution in [0.25, 0.3) is 16.9 Å². The zero-order chi connectivity index (χ0) is 16.2. The number of ketones is 1. The lowest BCUT2D eigenvalue weighted by Gasteiger charge is -2.03. The van der Waals surface area contributed by atoms with Crippen molar-refractivity contribution >= 4 is 5.78 Å². The van der Waals surface area contributed by atoms with Gasteiger partial charge < -0.3 is 0 Å². The Kier molecular flexibility index (Phi) is 4.03. The van der Waals surface area contributed by atoms with Crippen molar-refractivity contribution < 1.29 is 4.79 Å². The molecule has 0 saturated heterocycles. The third-order valence-corrected chi connectivity index (χ3v) is 3.69. The summed E-state index contributed by atoms with van der Waals surface area (Å²) < 4.78 is 1.74. The molecule has 2 aromatic carbocycles. The van der Waals surface area contributed by atoms with Gasteiger partial charge in [-0.05, 0) is 36.4 Å². The number of Topliss-reactive ketones (excluding diaryl/α,β-unsaturated/α-hetero) is 1. The Bertz CT molecular complexity index is 885. The monoisotopic (exact) mass is 301 g/mol. The fraction of sp³-hybridized carbons (Fsp3) is 0.105. The van der Waals surface area contributed by atoms with Gasteiger partial charge in [0.2, 0.25) is 0 Å². The molecule has 0 saturated carbocycles. The van der Waals surface area contributed by atoms with Crippen LogP contribution in [0, 0.1) is 11.3 Å². The quantitative estimate of drug-likeness (QED) is 0.684. The lowest BCUT2D eigenvalue weighted by molar-refractivity contribution is 0.0988. The molecular formula is C19H15N3O. The molecule has 0 amide bonds. The van der Waals surface area contributed by atoms with Crippen molar-refractivity contribution in [2.45, 2.75) is 13.3 Å². The largest absolute Gasteiger partial charge is 0.294 e. The van der Waals surface area contributed by atoms with Crippen molar-refractivity contribution in [3.05, 3.63) is 71.9 Å². The summed E-state index contributed by atoms with van der Waals surface area (Å²) in [5.41, 5.74) is 3.74. The van der Waals surface area contributed by atoms with E-state index in [1.165, 1.54) is 0 Å². The number of hydrogen-bond acceptors (Lipinski definition) is 3. The van der Waals surface area contributed by atoms with Crippen LogP contribution in [-0.2, 0) is 0 Å². The van der Waals surface area contributed by atoms with E-state index in [0.717, 1.165) is 16.9 Å². The number of aromatic nitrogens is 2. The van der Waals surface area contributed by atoms with Gasteiger partial charge in [0.1, 0.15) is 0 Å². The third-order valence-electron chi connectivity index (χ3n) is 3.69. The summed E-state index contributed by atoms with van der Waals surface area (Å²) in [4.78, 5) is 11.7. The predicted molar refractivity (Wildman–Crippen MR) is 88.3 cm³/mol. The first-order valence-corrected chi connectivity index (χ1v) is 7.41. The van der Waals surface area contributed by atoms with Gasteiger partial charge in [-0.25, -0.2) is 4.68 Å². The fourth-order valence-electron chi connectivity index (χ4n) is 2.42. The molecule has 23 heavy (non-hydrogen) atoms. The zero-order valence-corrected chi connectivity index (χ0v) is 12.7. The van der Waals surface area contributed by atoms with Gasteiger partial charge in [0, 0.05) is 23.7 Å². The Balaban J connectivity index is 1.93. The van der Waals surface area contributed by atoms with E-state index in [9.17, 15) is 10.1 Å². The summed E-state index contributed by atoms with van der Waals surface area (Å²) >= 11 is 0. The van der Waals surface area contributed by atoms with Crippen molar-refractivity contribution in [1.82, 2.24) is 9.78 Å². The normalized spacial score (nSPS) is 10.3. The number of benzene rings is 2. The highest BCUT2D eigenvalue weighted by molar-refractivity contribution is 5.95. The van der Waals surface area contributed by atoms with Crippen LogP contribution in [0.2, 0.25) is 0 Å². The van der Waals surface area contributed by atoms with E-state index in [4.69, 9.17) is 0 Å². The second-order valence-corrected chi connectivity index (χ2v) is 5.13. The first-order valence-electron chi connectivity index (χ1n) is 7.41. The van der Waals surface area contributed by atoms with Gasteiger partial charge in [-0.1, -0.05) is 25.1 Å². The van der Waals surface area contributed by atoms with Crippen molar-refractivity contribution in [2.75, 3.05) is 0 Å². The standard InChI is InChI=1S/C19H15N3O/c1-2-19(23)14-7-9-16(10-8-14)22-12-11-18(21-22)17-6-4-3-5-15(17)13-20/h3-12H,2H2,1H3. The predicted octanol–water partition coefficient (Wildman–Crippen LogP) is 4.00. The number of rotatable bonds is 4. The second-order valence-electron chi connectivity index (χ2n) is 5.13. The molecule has 0 bridgehead atoms. The van der Waals surface area contributed by atoms with Crippen molar-refractivity contribution in [1.29, 1.82) is 5.26 Å². The smallest absolute Gasteiger partial charge is 0.162 e. The summed E-state index contributed by atoms with van der Waals surface area (Å²) in [5.74, 6) is 0.126. The minimum atomic E-state index is 0.126. The Morgan fingerprint density at radius 1 is 1.13 bits per heavy atom. The molecule has 0 radical (unpaired) electrons. The van der Waals surface area contributed by atoms with E-state index >= 15 is 0 Å². The average Bonchev–Trinajstić information content (AvgIpc) is 3.11. The number of carbonyl (C=O) groups excluding carboxylic acids is 1. The summed E-state index contributed by atoms with van der Waals surface area (Å²) in [7, 11) is 0. The molecule has 4 heteroatoms. The average molecular weight is 301 g/mol. The first kappa shape index (κ1) is 14.7. The Hall–Kier alpha value is -3.19. The highest BCUT2D eigenvalue weighted by Gasteiger charge is 2.09. The van der Waals surface area contributed by atoms with E-state index in [1.54, 1.807) is 10.7 Å². The number of nitrogens with zero attached hydrogens (tertiary/aromatic N) is 3. The van der Waals surface area contributed by atoms with Crippen LogP contribution in [0.1, 0.15) is 29.3 Å². The molecule has 0 N–H and O–H groups in total. The molecule has 112 valence electrons. The Labute approximate surface area is 134 Å². The molecular weight excluding hydrogens is 286 g/mol. The van der Waals surface area contributed by atoms with E-state index in [1.807, 2.05) is 61.7 Å². The Morgan fingerprint density at radius 2 is 1.87 bits per heavy atom. The van der Waals surface area contributed by atoms with Crippen molar-refractivity contribution in [3.63, 3.8) is 0 Å². The summed E-state index contributed by atoms with van der Waals surface area (Å²) in [5, 5.41) is 13.7. The molecule has 0 fully saturated rings. The topological polar surface area (TPSA) is 58.7 Å². The van der Waals surface area contributed by atoms with E-state index in [2.05, 4.69) is 11.2 Å². The molecule has 0 atom stereocenters. The summed E-state index contributed by atoms with van der Waals surface area (Å²) in [6.07, 6.45) is 2.34. The van der Waals surface area contributed by atoms with Crippen LogP contribution >= 0.6 is 0 Å². The first-order chi connectivity index (χ1) is 11.2. The summed E-state index contributed by atoms with van der Waals surface area (Å²) in [6.45, 7) is 1.85. The fourth-order valence-corrected chi connectivity index (χ4v) is 2.42. The molecule has 0 unspecified atom stereocenters. The number of carbonyl (C=O) groups is 1. The van der Waals surface area contributed by atoms with E-state index in [0.29, 0.717) is 17.5 Å². The lowest BCUT2D eigenvalue weighted by atomic mass is 10.1. The molecule has 3 aromatic rings.